The fraction of sp³-hybridized carbons (Fsp3) is 0.851. The summed E-state index contributed by atoms with van der Waals surface area (Å²) in [4.78, 5) is 35.3. The summed E-state index contributed by atoms with van der Waals surface area (Å²) in [7, 11) is -4.39. The first-order valence-electron chi connectivity index (χ1n) is 33.1. The number of carbonyl (C=O) groups is 2. The van der Waals surface area contributed by atoms with Gasteiger partial charge in [-0.3, -0.25) is 18.6 Å². The summed E-state index contributed by atoms with van der Waals surface area (Å²) in [5.74, 6) is -0.806. The van der Waals surface area contributed by atoms with E-state index in [0.717, 1.165) is 57.8 Å². The molecule has 0 spiro atoms. The highest BCUT2D eigenvalue weighted by Crippen LogP contribution is 2.43. The van der Waals surface area contributed by atoms with Crippen molar-refractivity contribution < 1.29 is 37.6 Å². The zero-order valence-electron chi connectivity index (χ0n) is 50.7. The smallest absolute Gasteiger partial charge is 0.462 e. The van der Waals surface area contributed by atoms with Crippen molar-refractivity contribution in [2.24, 2.45) is 5.73 Å². The third-order valence-electron chi connectivity index (χ3n) is 14.7. The van der Waals surface area contributed by atoms with E-state index in [1.54, 1.807) is 0 Å². The fourth-order valence-corrected chi connectivity index (χ4v) is 10.6. The summed E-state index contributed by atoms with van der Waals surface area (Å²) in [5, 5.41) is 0. The van der Waals surface area contributed by atoms with Crippen LogP contribution in [0, 0.1) is 0 Å². The van der Waals surface area contributed by atoms with Crippen molar-refractivity contribution >= 4 is 19.8 Å². The number of ether oxygens (including phenoxy) is 2. The zero-order valence-corrected chi connectivity index (χ0v) is 51.6. The molecule has 0 radical (unpaired) electrons. The van der Waals surface area contributed by atoms with Crippen molar-refractivity contribution in [1.82, 2.24) is 0 Å². The number of rotatable bonds is 63. The molecule has 0 aliphatic carbocycles. The number of phosphoric acid groups is 1. The van der Waals surface area contributed by atoms with Crippen LogP contribution < -0.4 is 5.73 Å². The lowest BCUT2D eigenvalue weighted by Gasteiger charge is -2.19. The first-order valence-corrected chi connectivity index (χ1v) is 34.6. The van der Waals surface area contributed by atoms with Crippen LogP contribution in [0.3, 0.4) is 0 Å². The van der Waals surface area contributed by atoms with Crippen LogP contribution in [0.2, 0.25) is 0 Å². The topological polar surface area (TPSA) is 134 Å². The average Bonchev–Trinajstić information content (AvgIpc) is 3.42. The van der Waals surface area contributed by atoms with Crippen molar-refractivity contribution in [2.75, 3.05) is 26.4 Å². The summed E-state index contributed by atoms with van der Waals surface area (Å²) in [5.41, 5.74) is 5.40. The highest BCUT2D eigenvalue weighted by molar-refractivity contribution is 7.47. The standard InChI is InChI=1S/C67H126NO8P/c1-3-5-7-9-11-13-15-17-19-21-23-25-26-27-28-29-30-31-32-33-34-35-36-37-38-40-42-44-46-48-50-52-54-56-58-60-67(70)76-65(64-75-77(71,72)74-62-61-68)63-73-66(69)59-57-55-53-51-49-47-45-43-41-39-24-22-20-18-16-14-12-10-8-6-4-2/h5,7,11,13,17,19,23,25,65H,3-4,6,8-10,12,14-16,18,20-22,24,26-64,68H2,1-2H3,(H,71,72)/b7-5-,13-11-,19-17-,25-23-. The number of hydrogen-bond donors (Lipinski definition) is 2. The summed E-state index contributed by atoms with van der Waals surface area (Å²) >= 11 is 0. The van der Waals surface area contributed by atoms with E-state index in [1.807, 2.05) is 0 Å². The molecule has 77 heavy (non-hydrogen) atoms. The Morgan fingerprint density at radius 3 is 1.06 bits per heavy atom. The van der Waals surface area contributed by atoms with Gasteiger partial charge in [-0.25, -0.2) is 4.57 Å². The lowest BCUT2D eigenvalue weighted by molar-refractivity contribution is -0.161. The van der Waals surface area contributed by atoms with Crippen LogP contribution in [-0.2, 0) is 32.7 Å². The van der Waals surface area contributed by atoms with Gasteiger partial charge in [0.2, 0.25) is 0 Å². The number of unbranched alkanes of at least 4 members (excludes halogenated alkanes) is 42. The molecule has 0 aliphatic heterocycles. The van der Waals surface area contributed by atoms with Gasteiger partial charge in [0.25, 0.3) is 0 Å². The molecular formula is C67H126NO8P. The van der Waals surface area contributed by atoms with Crippen LogP contribution in [0.4, 0.5) is 0 Å². The Hall–Kier alpha value is -2.03. The van der Waals surface area contributed by atoms with E-state index in [0.29, 0.717) is 6.42 Å². The molecule has 0 amide bonds. The lowest BCUT2D eigenvalue weighted by Crippen LogP contribution is -2.29. The number of carbonyl (C=O) groups excluding carboxylic acids is 2. The van der Waals surface area contributed by atoms with E-state index in [-0.39, 0.29) is 38.6 Å². The van der Waals surface area contributed by atoms with Crippen LogP contribution in [0.25, 0.3) is 0 Å². The molecule has 0 aromatic carbocycles. The molecule has 10 heteroatoms. The molecule has 9 nitrogen and oxygen atoms in total. The normalized spacial score (nSPS) is 13.2. The van der Waals surface area contributed by atoms with Crippen LogP contribution in [0.1, 0.15) is 335 Å². The van der Waals surface area contributed by atoms with Gasteiger partial charge in [0.15, 0.2) is 6.10 Å². The Balaban J connectivity index is 3.82. The number of nitrogens with two attached hydrogens (primary N) is 1. The molecule has 0 rings (SSSR count). The predicted molar refractivity (Wildman–Crippen MR) is 330 cm³/mol. The molecule has 2 unspecified atom stereocenters. The summed E-state index contributed by atoms with van der Waals surface area (Å²) < 4.78 is 33.1. The van der Waals surface area contributed by atoms with Gasteiger partial charge in [-0.1, -0.05) is 319 Å². The van der Waals surface area contributed by atoms with Gasteiger partial charge in [0.1, 0.15) is 6.61 Å². The van der Waals surface area contributed by atoms with Gasteiger partial charge >= 0.3 is 19.8 Å². The molecule has 0 heterocycles. The summed E-state index contributed by atoms with van der Waals surface area (Å²) in [6.45, 7) is 3.70. The van der Waals surface area contributed by atoms with E-state index in [9.17, 15) is 19.0 Å². The highest BCUT2D eigenvalue weighted by atomic mass is 31.2. The second-order valence-corrected chi connectivity index (χ2v) is 23.8. The minimum absolute atomic E-state index is 0.0561. The molecule has 0 saturated carbocycles. The van der Waals surface area contributed by atoms with E-state index >= 15 is 0 Å². The van der Waals surface area contributed by atoms with Crippen LogP contribution in [-0.4, -0.2) is 49.3 Å². The Morgan fingerprint density at radius 1 is 0.403 bits per heavy atom. The summed E-state index contributed by atoms with van der Waals surface area (Å²) in [6, 6.07) is 0. The van der Waals surface area contributed by atoms with Gasteiger partial charge in [0.05, 0.1) is 13.2 Å². The predicted octanol–water partition coefficient (Wildman–Crippen LogP) is 21.3. The molecular weight excluding hydrogens is 978 g/mol. The van der Waals surface area contributed by atoms with Gasteiger partial charge in [-0.05, 0) is 51.4 Å². The molecule has 452 valence electrons. The first-order chi connectivity index (χ1) is 37.8. The second kappa shape index (κ2) is 63.2. The maximum Gasteiger partial charge on any atom is 0.472 e. The van der Waals surface area contributed by atoms with Crippen LogP contribution in [0.5, 0.6) is 0 Å². The largest absolute Gasteiger partial charge is 0.472 e. The molecule has 0 fully saturated rings. The van der Waals surface area contributed by atoms with E-state index in [4.69, 9.17) is 24.3 Å². The van der Waals surface area contributed by atoms with Crippen molar-refractivity contribution in [2.45, 2.75) is 341 Å². The fourth-order valence-electron chi connectivity index (χ4n) is 9.87. The number of esters is 2. The molecule has 0 aliphatic rings. The zero-order chi connectivity index (χ0) is 55.9. The number of allylic oxidation sites excluding steroid dienone is 8. The van der Waals surface area contributed by atoms with E-state index < -0.39 is 26.5 Å². The molecule has 0 aromatic heterocycles. The third-order valence-corrected chi connectivity index (χ3v) is 15.7. The lowest BCUT2D eigenvalue weighted by atomic mass is 10.0. The van der Waals surface area contributed by atoms with Gasteiger partial charge in [-0.15, -0.1) is 0 Å². The van der Waals surface area contributed by atoms with Crippen molar-refractivity contribution in [3.8, 4) is 0 Å². The first kappa shape index (κ1) is 75.0. The molecule has 3 N–H and O–H groups in total. The van der Waals surface area contributed by atoms with E-state index in [1.165, 1.54) is 244 Å². The van der Waals surface area contributed by atoms with Gasteiger partial charge in [0, 0.05) is 19.4 Å². The minimum atomic E-state index is -4.39. The van der Waals surface area contributed by atoms with Crippen LogP contribution >= 0.6 is 7.82 Å². The van der Waals surface area contributed by atoms with Crippen LogP contribution in [0.15, 0.2) is 48.6 Å². The highest BCUT2D eigenvalue weighted by Gasteiger charge is 2.26. The SMILES string of the molecule is CC/C=C\C/C=C\C/C=C\C/C=C\CCCCCCCCCCCCCCCCCCCCCCCCC(=O)OC(COC(=O)CCCCCCCCCCCCCCCCCCCCCCC)COP(=O)(O)OCCN. The van der Waals surface area contributed by atoms with Crippen molar-refractivity contribution in [3.05, 3.63) is 48.6 Å². The van der Waals surface area contributed by atoms with E-state index in [2.05, 4.69) is 62.5 Å². The average molecular weight is 1100 g/mol. The number of hydrogen-bond acceptors (Lipinski definition) is 8. The van der Waals surface area contributed by atoms with Gasteiger partial charge < -0.3 is 20.1 Å². The monoisotopic (exact) mass is 1100 g/mol. The minimum Gasteiger partial charge on any atom is -0.462 e. The Kier molecular flexibility index (Phi) is 61.5. The van der Waals surface area contributed by atoms with Gasteiger partial charge in [-0.2, -0.15) is 0 Å². The van der Waals surface area contributed by atoms with Crippen molar-refractivity contribution in [3.63, 3.8) is 0 Å². The van der Waals surface area contributed by atoms with Crippen molar-refractivity contribution in [1.29, 1.82) is 0 Å². The second-order valence-electron chi connectivity index (χ2n) is 22.3. The molecule has 0 saturated heterocycles. The molecule has 0 aromatic rings. The molecule has 0 bridgehead atoms. The molecule has 2 atom stereocenters. The maximum atomic E-state index is 12.7. The quantitative estimate of drug-likeness (QED) is 0.0264. The number of phosphoric ester groups is 1. The maximum absolute atomic E-state index is 12.7. The Labute approximate surface area is 477 Å². The Bertz CT molecular complexity index is 1400. The summed E-state index contributed by atoms with van der Waals surface area (Å²) in [6.07, 6.45) is 79.1. The third kappa shape index (κ3) is 63.0. The Morgan fingerprint density at radius 2 is 0.714 bits per heavy atom.